The Morgan fingerprint density at radius 2 is 1.29 bits per heavy atom. The van der Waals surface area contributed by atoms with Crippen molar-refractivity contribution in [3.8, 4) is 5.75 Å². The number of nitrogen functional groups attached to an aromatic ring is 1. The number of aromatic hydroxyl groups is 1. The van der Waals surface area contributed by atoms with Gasteiger partial charge in [-0.25, -0.2) is 16.8 Å². The van der Waals surface area contributed by atoms with Crippen LogP contribution in [0.1, 0.15) is 10.4 Å². The molecule has 5 aromatic carbocycles. The Morgan fingerprint density at radius 3 is 1.84 bits per heavy atom. The molecule has 14 nitrogen and oxygen atoms in total. The van der Waals surface area contributed by atoms with Gasteiger partial charge in [-0.3, -0.25) is 4.79 Å². The molecule has 0 atom stereocenters. The maximum atomic E-state index is 12.6. The molecule has 0 fully saturated rings. The van der Waals surface area contributed by atoms with Crippen molar-refractivity contribution in [3.63, 3.8) is 0 Å². The second kappa shape index (κ2) is 12.2. The molecule has 16 heteroatoms. The normalized spacial score (nSPS) is 12.2. The molecule has 45 heavy (non-hydrogen) atoms. The van der Waals surface area contributed by atoms with Gasteiger partial charge in [-0.15, -0.1) is 5.11 Å². The molecule has 0 unspecified atom stereocenters. The van der Waals surface area contributed by atoms with Gasteiger partial charge >= 0.3 is 0 Å². The van der Waals surface area contributed by atoms with Crippen LogP contribution in [0, 0.1) is 0 Å². The van der Waals surface area contributed by atoms with Crippen molar-refractivity contribution in [2.75, 3.05) is 11.1 Å². The third-order valence-corrected chi connectivity index (χ3v) is 7.95. The van der Waals surface area contributed by atoms with Crippen molar-refractivity contribution in [1.29, 1.82) is 0 Å². The number of nitrogens with zero attached hydrogens (tertiary/aromatic N) is 4. The first kappa shape index (κ1) is 30.9. The number of anilines is 2. The summed E-state index contributed by atoms with van der Waals surface area (Å²) >= 11 is 0. The van der Waals surface area contributed by atoms with Crippen LogP contribution in [0.25, 0.3) is 10.8 Å². The Balaban J connectivity index is 1.39. The van der Waals surface area contributed by atoms with E-state index in [1.165, 1.54) is 60.7 Å². The molecule has 0 aromatic heterocycles. The first-order valence-corrected chi connectivity index (χ1v) is 15.5. The van der Waals surface area contributed by atoms with Crippen LogP contribution < -0.4 is 11.1 Å². The predicted octanol–water partition coefficient (Wildman–Crippen LogP) is 6.02. The number of phenols is 1. The smallest absolute Gasteiger partial charge is 0.255 e. The van der Waals surface area contributed by atoms with Gasteiger partial charge in [-0.1, -0.05) is 6.07 Å². The molecule has 0 bridgehead atoms. The quantitative estimate of drug-likeness (QED) is 0.101. The highest BCUT2D eigenvalue weighted by molar-refractivity contribution is 7.86. The molecule has 0 aliphatic carbocycles. The van der Waals surface area contributed by atoms with E-state index >= 15 is 0 Å². The second-order valence-corrected chi connectivity index (χ2v) is 12.1. The summed E-state index contributed by atoms with van der Waals surface area (Å²) in [5, 5.41) is 29.6. The topological polar surface area (TPSA) is 239 Å². The van der Waals surface area contributed by atoms with E-state index < -0.39 is 47.4 Å². The van der Waals surface area contributed by atoms with Gasteiger partial charge in [0.2, 0.25) is 0 Å². The maximum absolute atomic E-state index is 12.6. The van der Waals surface area contributed by atoms with Crippen LogP contribution in [0.4, 0.5) is 34.1 Å². The summed E-state index contributed by atoms with van der Waals surface area (Å²) in [6.07, 6.45) is 0. The number of carbonyl (C=O) groups excluding carboxylic acids is 1. The van der Waals surface area contributed by atoms with Crippen molar-refractivity contribution in [2.24, 2.45) is 20.5 Å². The molecule has 0 aliphatic rings. The van der Waals surface area contributed by atoms with Crippen LogP contribution in [0.15, 0.2) is 127 Å². The number of nitrogens with one attached hydrogen (secondary N) is 1. The summed E-state index contributed by atoms with van der Waals surface area (Å²) in [5.74, 6) is -1.09. The molecular formula is C29H20N6O8S2-2. The number of fused-ring (bicyclic) bond motifs is 1. The monoisotopic (exact) mass is 644 g/mol. The van der Waals surface area contributed by atoms with Crippen LogP contribution in [0.2, 0.25) is 0 Å². The van der Waals surface area contributed by atoms with Crippen LogP contribution >= 0.6 is 0 Å². The average Bonchev–Trinajstić information content (AvgIpc) is 2.99. The highest BCUT2D eigenvalue weighted by atomic mass is 32.2. The molecule has 0 radical (unpaired) electrons. The lowest BCUT2D eigenvalue weighted by molar-refractivity contribution is 0.102. The van der Waals surface area contributed by atoms with Crippen LogP contribution in [-0.4, -0.2) is 37.0 Å². The fourth-order valence-corrected chi connectivity index (χ4v) is 5.20. The molecule has 0 spiro atoms. The zero-order valence-electron chi connectivity index (χ0n) is 22.7. The van der Waals surface area contributed by atoms with Gasteiger partial charge in [0.25, 0.3) is 5.91 Å². The van der Waals surface area contributed by atoms with Gasteiger partial charge in [0, 0.05) is 22.3 Å². The molecule has 0 heterocycles. The van der Waals surface area contributed by atoms with Gasteiger partial charge in [0.15, 0.2) is 5.75 Å². The van der Waals surface area contributed by atoms with Gasteiger partial charge in [-0.2, -0.15) is 15.3 Å². The molecule has 5 aromatic rings. The SMILES string of the molecule is Nc1cccc(C(=O)Nc2ccc3c(O)c(N=Nc4ccc(N=Nc5ccc(S(=O)(=O)[O-])cc5)cc4)c(S(=O)(=O)[O-])cc3c2)c1. The third-order valence-electron chi connectivity index (χ3n) is 6.25. The molecule has 0 saturated carbocycles. The van der Waals surface area contributed by atoms with Crippen molar-refractivity contribution < 1.29 is 35.8 Å². The summed E-state index contributed by atoms with van der Waals surface area (Å²) in [7, 11) is -9.71. The number of benzene rings is 5. The summed E-state index contributed by atoms with van der Waals surface area (Å²) in [5.41, 5.74) is 6.98. The lowest BCUT2D eigenvalue weighted by Gasteiger charge is -2.14. The Bertz CT molecular complexity index is 2220. The highest BCUT2D eigenvalue weighted by Crippen LogP contribution is 2.42. The number of rotatable bonds is 8. The summed E-state index contributed by atoms with van der Waals surface area (Å²) in [4.78, 5) is 11.4. The fraction of sp³-hybridized carbons (Fsp3) is 0. The summed E-state index contributed by atoms with van der Waals surface area (Å²) in [6, 6.07) is 22.4. The van der Waals surface area contributed by atoms with E-state index in [9.17, 15) is 35.8 Å². The van der Waals surface area contributed by atoms with Gasteiger partial charge in [-0.05, 0) is 96.4 Å². The van der Waals surface area contributed by atoms with Gasteiger partial charge in [0.1, 0.15) is 25.9 Å². The van der Waals surface area contributed by atoms with E-state index in [2.05, 4.69) is 25.8 Å². The molecule has 228 valence electrons. The Hall–Kier alpha value is -5.55. The van der Waals surface area contributed by atoms with Crippen molar-refractivity contribution in [1.82, 2.24) is 0 Å². The van der Waals surface area contributed by atoms with Crippen LogP contribution in [0.5, 0.6) is 5.75 Å². The largest absolute Gasteiger partial charge is 0.744 e. The van der Waals surface area contributed by atoms with Crippen molar-refractivity contribution >= 4 is 71.0 Å². The molecular weight excluding hydrogens is 624 g/mol. The van der Waals surface area contributed by atoms with Crippen LogP contribution in [-0.2, 0) is 20.2 Å². The molecule has 0 aliphatic heterocycles. The zero-order valence-corrected chi connectivity index (χ0v) is 24.4. The lowest BCUT2D eigenvalue weighted by Crippen LogP contribution is -2.12. The zero-order chi connectivity index (χ0) is 32.4. The Morgan fingerprint density at radius 1 is 0.711 bits per heavy atom. The van der Waals surface area contributed by atoms with Gasteiger partial charge < -0.3 is 25.3 Å². The lowest BCUT2D eigenvalue weighted by atomic mass is 10.1. The van der Waals surface area contributed by atoms with E-state index in [4.69, 9.17) is 5.73 Å². The average molecular weight is 645 g/mol. The van der Waals surface area contributed by atoms with E-state index in [0.717, 1.165) is 18.2 Å². The summed E-state index contributed by atoms with van der Waals surface area (Å²) in [6.45, 7) is 0. The highest BCUT2D eigenvalue weighted by Gasteiger charge is 2.18. The van der Waals surface area contributed by atoms with Crippen molar-refractivity contribution in [2.45, 2.75) is 9.79 Å². The number of phenolic OH excluding ortho intramolecular Hbond substituents is 1. The minimum atomic E-state index is -5.13. The van der Waals surface area contributed by atoms with Gasteiger partial charge in [0.05, 0.1) is 26.9 Å². The molecule has 0 saturated heterocycles. The fourth-order valence-electron chi connectivity index (χ4n) is 4.09. The van der Waals surface area contributed by atoms with Crippen LogP contribution in [0.3, 0.4) is 0 Å². The van der Waals surface area contributed by atoms with E-state index in [0.29, 0.717) is 22.6 Å². The van der Waals surface area contributed by atoms with Crippen molar-refractivity contribution in [3.05, 3.63) is 103 Å². The molecule has 1 amide bonds. The van der Waals surface area contributed by atoms with E-state index in [1.54, 1.807) is 18.2 Å². The number of amides is 1. The summed E-state index contributed by atoms with van der Waals surface area (Å²) < 4.78 is 69.5. The standard InChI is InChI=1S/C29H22N6O8S2/c30-19-3-1-2-17(14-19)29(37)31-23-10-13-25-18(15-23)16-26(45(41,42)43)27(28(25)36)35-34-21-6-4-20(5-7-21)32-33-22-8-11-24(12-9-22)44(38,39)40/h1-16,36H,30H2,(H,31,37)(H,38,39,40)(H,41,42,43)/p-2. The number of carbonyl (C=O) groups is 1. The maximum Gasteiger partial charge on any atom is 0.255 e. The molecule has 5 rings (SSSR count). The number of hydrogen-bond donors (Lipinski definition) is 3. The van der Waals surface area contributed by atoms with E-state index in [-0.39, 0.29) is 22.1 Å². The third kappa shape index (κ3) is 7.34. The molecule has 4 N–H and O–H groups in total. The Kier molecular flexibility index (Phi) is 8.38. The minimum absolute atomic E-state index is 0.144. The first-order valence-electron chi connectivity index (χ1n) is 12.7. The first-order chi connectivity index (χ1) is 21.3. The second-order valence-electron chi connectivity index (χ2n) is 9.41. The van der Waals surface area contributed by atoms with E-state index in [1.807, 2.05) is 0 Å². The number of azo groups is 2. The number of hydrogen-bond acceptors (Lipinski definition) is 13. The predicted molar refractivity (Wildman–Crippen MR) is 162 cm³/mol. The number of nitrogens with two attached hydrogens (primary N) is 1. The minimum Gasteiger partial charge on any atom is -0.744 e. The Labute approximate surface area is 256 Å².